The third-order valence-corrected chi connectivity index (χ3v) is 13.0. The van der Waals surface area contributed by atoms with Crippen molar-refractivity contribution in [1.29, 1.82) is 0 Å². The molecule has 0 amide bonds. The lowest BCUT2D eigenvalue weighted by atomic mass is 9.65. The van der Waals surface area contributed by atoms with Crippen LogP contribution in [0.3, 0.4) is 0 Å². The molecule has 0 spiro atoms. The maximum absolute atomic E-state index is 6.44. The molecular formula is C45H38O6S4. The Balaban J connectivity index is 1.09. The van der Waals surface area contributed by atoms with Crippen LogP contribution in [0.2, 0.25) is 0 Å². The van der Waals surface area contributed by atoms with Gasteiger partial charge in [-0.15, -0.1) is 0 Å². The summed E-state index contributed by atoms with van der Waals surface area (Å²) in [7, 11) is 0. The zero-order chi connectivity index (χ0) is 37.2. The molecule has 10 heteroatoms. The van der Waals surface area contributed by atoms with Gasteiger partial charge in [0.2, 0.25) is 8.77 Å². The zero-order valence-electron chi connectivity index (χ0n) is 29.9. The number of benzene rings is 6. The number of hydrogen-bond donors (Lipinski definition) is 0. The average molecular weight is 803 g/mol. The number of thioether (sulfide) groups is 2. The molecule has 0 aromatic heterocycles. The molecule has 6 aromatic rings. The molecule has 278 valence electrons. The van der Waals surface area contributed by atoms with Gasteiger partial charge in [0.25, 0.3) is 0 Å². The number of hydrogen-bond acceptors (Lipinski definition) is 10. The summed E-state index contributed by atoms with van der Waals surface area (Å²) in [5, 5.41) is 4.36. The molecule has 0 bridgehead atoms. The van der Waals surface area contributed by atoms with E-state index in [1.165, 1.54) is 33.4 Å². The van der Waals surface area contributed by atoms with Gasteiger partial charge in [-0.3, -0.25) is 0 Å². The minimum atomic E-state index is -0.643. The van der Waals surface area contributed by atoms with Crippen LogP contribution < -0.4 is 9.47 Å². The normalized spacial score (nSPS) is 18.3. The van der Waals surface area contributed by atoms with Crippen molar-refractivity contribution in [3.8, 4) is 22.6 Å². The van der Waals surface area contributed by atoms with E-state index in [1.54, 1.807) is 23.5 Å². The second-order valence-electron chi connectivity index (χ2n) is 13.6. The molecule has 6 nitrogen and oxygen atoms in total. The Morgan fingerprint density at radius 3 is 1.36 bits per heavy atom. The molecular weight excluding hydrogens is 765 g/mol. The highest BCUT2D eigenvalue weighted by molar-refractivity contribution is 8.23. The summed E-state index contributed by atoms with van der Waals surface area (Å²) in [5.74, 6) is 3.30. The Kier molecular flexibility index (Phi) is 10.7. The van der Waals surface area contributed by atoms with Crippen LogP contribution in [-0.4, -0.2) is 72.1 Å². The van der Waals surface area contributed by atoms with E-state index in [-0.39, 0.29) is 12.2 Å². The molecule has 0 radical (unpaired) electrons. The second kappa shape index (κ2) is 16.1. The van der Waals surface area contributed by atoms with E-state index in [0.29, 0.717) is 48.4 Å². The van der Waals surface area contributed by atoms with E-state index in [9.17, 15) is 0 Å². The topological polar surface area (TPSA) is 55.4 Å². The van der Waals surface area contributed by atoms with E-state index in [0.717, 1.165) is 44.5 Å². The first-order valence-corrected chi connectivity index (χ1v) is 21.2. The highest BCUT2D eigenvalue weighted by Gasteiger charge is 2.47. The van der Waals surface area contributed by atoms with Crippen molar-refractivity contribution in [2.75, 3.05) is 51.1 Å². The first kappa shape index (κ1) is 36.5. The van der Waals surface area contributed by atoms with Gasteiger partial charge in [0, 0.05) is 22.3 Å². The summed E-state index contributed by atoms with van der Waals surface area (Å²) in [4.78, 5) is 0. The van der Waals surface area contributed by atoms with Gasteiger partial charge >= 0.3 is 0 Å². The highest BCUT2D eigenvalue weighted by atomic mass is 32.2. The first-order valence-electron chi connectivity index (χ1n) is 18.4. The van der Waals surface area contributed by atoms with Crippen molar-refractivity contribution >= 4 is 78.3 Å². The Labute approximate surface area is 339 Å². The average Bonchev–Trinajstić information content (AvgIpc) is 3.92. The maximum Gasteiger partial charge on any atom is 0.220 e. The van der Waals surface area contributed by atoms with Crippen LogP contribution in [0.4, 0.5) is 0 Å². The fourth-order valence-electron chi connectivity index (χ4n) is 8.17. The van der Waals surface area contributed by atoms with Crippen LogP contribution >= 0.6 is 48.0 Å². The largest absolute Gasteiger partial charge is 0.491 e. The standard InChI is InChI=1S/C45H38O6S4/c52-43-50-29(27-54-43)25-46-21-23-48-41-19-7-11-33-35(41)13-5-17-39(33)45(37-15-3-1-9-31(37)32-10-2-4-16-38(32)45)40-18-6-14-36-34(40)12-8-20-42(36)49-24-22-47-26-30-28-55-44(53)51-30/h1-20,29-30H,21-28H2. The lowest BCUT2D eigenvalue weighted by Crippen LogP contribution is -2.29. The summed E-state index contributed by atoms with van der Waals surface area (Å²) < 4.78 is 37.2. The Hall–Kier alpha value is -4.16. The molecule has 2 atom stereocenters. The number of rotatable bonds is 14. The van der Waals surface area contributed by atoms with E-state index in [4.69, 9.17) is 52.9 Å². The summed E-state index contributed by atoms with van der Waals surface area (Å²) >= 11 is 13.4. The number of fused-ring (bicyclic) bond motifs is 5. The zero-order valence-corrected chi connectivity index (χ0v) is 33.2. The van der Waals surface area contributed by atoms with Crippen LogP contribution in [0.25, 0.3) is 32.7 Å². The summed E-state index contributed by atoms with van der Waals surface area (Å²) in [5.41, 5.74) is 6.69. The Morgan fingerprint density at radius 1 is 0.491 bits per heavy atom. The second-order valence-corrected chi connectivity index (χ2v) is 16.8. The molecule has 3 aliphatic rings. The highest BCUT2D eigenvalue weighted by Crippen LogP contribution is 2.58. The van der Waals surface area contributed by atoms with Crippen molar-refractivity contribution in [2.24, 2.45) is 0 Å². The molecule has 1 aliphatic carbocycles. The predicted octanol–water partition coefficient (Wildman–Crippen LogP) is 9.98. The third-order valence-electron chi connectivity index (χ3n) is 10.4. The fraction of sp³-hybridized carbons (Fsp3) is 0.244. The molecule has 2 fully saturated rings. The van der Waals surface area contributed by atoms with Gasteiger partial charge in [0.1, 0.15) is 36.9 Å². The van der Waals surface area contributed by atoms with Crippen molar-refractivity contribution < 1.29 is 28.4 Å². The van der Waals surface area contributed by atoms with Gasteiger partial charge in [0.15, 0.2) is 0 Å². The van der Waals surface area contributed by atoms with Crippen LogP contribution in [0.5, 0.6) is 11.5 Å². The van der Waals surface area contributed by atoms with Crippen molar-refractivity contribution in [2.45, 2.75) is 17.6 Å². The molecule has 0 saturated carbocycles. The number of ether oxygens (including phenoxy) is 6. The van der Waals surface area contributed by atoms with E-state index >= 15 is 0 Å². The lowest BCUT2D eigenvalue weighted by molar-refractivity contribution is 0.0462. The molecule has 2 unspecified atom stereocenters. The van der Waals surface area contributed by atoms with Crippen LogP contribution in [0.15, 0.2) is 121 Å². The van der Waals surface area contributed by atoms with Gasteiger partial charge in [-0.25, -0.2) is 0 Å². The van der Waals surface area contributed by atoms with Crippen molar-refractivity contribution in [1.82, 2.24) is 0 Å². The SMILES string of the molecule is S=C1OC(COCCOc2cccc3c(C4(c5cccc6c(OCCOCC7CSC(=S)O7)cccc56)c5ccccc5-c5ccccc54)cccc23)CS1. The lowest BCUT2D eigenvalue weighted by Gasteiger charge is -2.36. The molecule has 6 aromatic carbocycles. The van der Waals surface area contributed by atoms with Gasteiger partial charge in [-0.1, -0.05) is 133 Å². The quantitative estimate of drug-likeness (QED) is 0.0785. The van der Waals surface area contributed by atoms with Crippen molar-refractivity contribution in [3.63, 3.8) is 0 Å². The Bertz CT molecular complexity index is 2230. The maximum atomic E-state index is 6.44. The molecule has 9 rings (SSSR count). The molecule has 2 saturated heterocycles. The van der Waals surface area contributed by atoms with E-state index in [1.807, 2.05) is 12.1 Å². The summed E-state index contributed by atoms with van der Waals surface area (Å²) in [6.45, 7) is 2.73. The Morgan fingerprint density at radius 2 is 0.909 bits per heavy atom. The van der Waals surface area contributed by atoms with Crippen LogP contribution in [0.1, 0.15) is 22.3 Å². The van der Waals surface area contributed by atoms with Gasteiger partial charge in [-0.2, -0.15) is 0 Å². The monoisotopic (exact) mass is 802 g/mol. The minimum absolute atomic E-state index is 0.00176. The molecule has 55 heavy (non-hydrogen) atoms. The van der Waals surface area contributed by atoms with Gasteiger partial charge in [0.05, 0.1) is 31.8 Å². The van der Waals surface area contributed by atoms with Crippen LogP contribution in [-0.2, 0) is 24.4 Å². The molecule has 2 heterocycles. The molecule has 2 aliphatic heterocycles. The van der Waals surface area contributed by atoms with Crippen LogP contribution in [0, 0.1) is 0 Å². The summed E-state index contributed by atoms with van der Waals surface area (Å²) in [6, 6.07) is 43.6. The predicted molar refractivity (Wildman–Crippen MR) is 231 cm³/mol. The van der Waals surface area contributed by atoms with Gasteiger partial charge in [-0.05, 0) is 80.7 Å². The van der Waals surface area contributed by atoms with Crippen molar-refractivity contribution in [3.05, 3.63) is 144 Å². The minimum Gasteiger partial charge on any atom is -0.491 e. The van der Waals surface area contributed by atoms with E-state index in [2.05, 4.69) is 109 Å². The third kappa shape index (κ3) is 6.98. The first-order chi connectivity index (χ1) is 27.1. The number of thiocarbonyl (C=S) groups is 2. The molecule has 0 N–H and O–H groups in total. The van der Waals surface area contributed by atoms with Gasteiger partial charge < -0.3 is 28.4 Å². The fourth-order valence-corrected chi connectivity index (χ4v) is 10.2. The summed E-state index contributed by atoms with van der Waals surface area (Å²) in [6.07, 6.45) is -0.00351. The van der Waals surface area contributed by atoms with E-state index < -0.39 is 5.41 Å². The smallest absolute Gasteiger partial charge is 0.220 e.